The second-order valence-corrected chi connectivity index (χ2v) is 3.52. The molecule has 2 rings (SSSR count). The minimum Gasteiger partial charge on any atom is -0.248 e. The maximum absolute atomic E-state index is 4.15. The molecule has 0 saturated carbocycles. The topological polar surface area (TPSA) is 12.9 Å². The number of aromatic nitrogens is 1. The van der Waals surface area contributed by atoms with Gasteiger partial charge >= 0.3 is 0 Å². The van der Waals surface area contributed by atoms with Gasteiger partial charge in [0.15, 0.2) is 0 Å². The van der Waals surface area contributed by atoms with Crippen LogP contribution in [0.4, 0.5) is 0 Å². The van der Waals surface area contributed by atoms with Crippen molar-refractivity contribution in [3.05, 3.63) is 65.5 Å². The zero-order chi connectivity index (χ0) is 11.2. The van der Waals surface area contributed by atoms with Crippen molar-refractivity contribution < 1.29 is 0 Å². The molecule has 0 aliphatic heterocycles. The fourth-order valence-corrected chi connectivity index (χ4v) is 1.40. The van der Waals surface area contributed by atoms with Crippen LogP contribution in [-0.4, -0.2) is 4.98 Å². The summed E-state index contributed by atoms with van der Waals surface area (Å²) in [5.41, 5.74) is 3.17. The molecular weight excluding hydrogens is 194 g/mol. The SMILES string of the molecule is CCc1ccc(C#Cc2ccccn2)cc1. The number of hydrogen-bond donors (Lipinski definition) is 0. The summed E-state index contributed by atoms with van der Waals surface area (Å²) >= 11 is 0. The summed E-state index contributed by atoms with van der Waals surface area (Å²) in [6.45, 7) is 2.15. The third-order valence-corrected chi connectivity index (χ3v) is 2.36. The van der Waals surface area contributed by atoms with Gasteiger partial charge in [-0.3, -0.25) is 0 Å². The maximum atomic E-state index is 4.15. The second-order valence-electron chi connectivity index (χ2n) is 3.52. The van der Waals surface area contributed by atoms with E-state index in [0.717, 1.165) is 17.7 Å². The van der Waals surface area contributed by atoms with Gasteiger partial charge in [0, 0.05) is 11.8 Å². The van der Waals surface area contributed by atoms with Crippen LogP contribution in [0.1, 0.15) is 23.7 Å². The molecule has 1 aromatic heterocycles. The van der Waals surface area contributed by atoms with Crippen molar-refractivity contribution >= 4 is 0 Å². The van der Waals surface area contributed by atoms with Crippen molar-refractivity contribution in [2.24, 2.45) is 0 Å². The lowest BCUT2D eigenvalue weighted by atomic mass is 10.1. The molecular formula is C15H13N. The molecule has 0 radical (unpaired) electrons. The van der Waals surface area contributed by atoms with Gasteiger partial charge in [-0.1, -0.05) is 31.0 Å². The summed E-state index contributed by atoms with van der Waals surface area (Å²) in [5.74, 6) is 6.14. The minimum absolute atomic E-state index is 0.807. The second kappa shape index (κ2) is 5.14. The van der Waals surface area contributed by atoms with Gasteiger partial charge in [-0.05, 0) is 42.2 Å². The quantitative estimate of drug-likeness (QED) is 0.655. The predicted octanol–water partition coefficient (Wildman–Crippen LogP) is 3.04. The van der Waals surface area contributed by atoms with E-state index in [-0.39, 0.29) is 0 Å². The van der Waals surface area contributed by atoms with Crippen molar-refractivity contribution in [1.29, 1.82) is 0 Å². The summed E-state index contributed by atoms with van der Waals surface area (Å²) in [6.07, 6.45) is 2.82. The molecule has 0 spiro atoms. The molecule has 0 atom stereocenters. The van der Waals surface area contributed by atoms with E-state index in [9.17, 15) is 0 Å². The monoisotopic (exact) mass is 207 g/mol. The van der Waals surface area contributed by atoms with Crippen LogP contribution in [0.2, 0.25) is 0 Å². The first-order chi connectivity index (χ1) is 7.88. The number of hydrogen-bond acceptors (Lipinski definition) is 1. The van der Waals surface area contributed by atoms with E-state index < -0.39 is 0 Å². The lowest BCUT2D eigenvalue weighted by Crippen LogP contribution is -1.81. The van der Waals surface area contributed by atoms with Crippen molar-refractivity contribution in [2.75, 3.05) is 0 Å². The van der Waals surface area contributed by atoms with Gasteiger partial charge in [-0.15, -0.1) is 0 Å². The van der Waals surface area contributed by atoms with Crippen LogP contribution in [0.3, 0.4) is 0 Å². The molecule has 0 bridgehead atoms. The average molecular weight is 207 g/mol. The average Bonchev–Trinajstić information content (AvgIpc) is 2.38. The van der Waals surface area contributed by atoms with Crippen LogP contribution in [0.5, 0.6) is 0 Å². The van der Waals surface area contributed by atoms with Crippen molar-refractivity contribution in [1.82, 2.24) is 4.98 Å². The van der Waals surface area contributed by atoms with Gasteiger partial charge in [0.25, 0.3) is 0 Å². The zero-order valence-electron chi connectivity index (χ0n) is 9.27. The highest BCUT2D eigenvalue weighted by Gasteiger charge is 1.89. The van der Waals surface area contributed by atoms with E-state index in [1.807, 2.05) is 18.2 Å². The number of aryl methyl sites for hydroxylation is 1. The van der Waals surface area contributed by atoms with E-state index in [1.165, 1.54) is 5.56 Å². The largest absolute Gasteiger partial charge is 0.248 e. The Morgan fingerprint density at radius 3 is 2.44 bits per heavy atom. The van der Waals surface area contributed by atoms with Gasteiger partial charge in [0.1, 0.15) is 5.69 Å². The van der Waals surface area contributed by atoms with Gasteiger partial charge in [0.05, 0.1) is 0 Å². The number of nitrogens with zero attached hydrogens (tertiary/aromatic N) is 1. The Bertz CT molecular complexity index is 501. The number of benzene rings is 1. The molecule has 0 aliphatic rings. The predicted molar refractivity (Wildman–Crippen MR) is 66.0 cm³/mol. The van der Waals surface area contributed by atoms with E-state index >= 15 is 0 Å². The molecule has 1 aromatic carbocycles. The van der Waals surface area contributed by atoms with Crippen LogP contribution < -0.4 is 0 Å². The molecule has 0 saturated heterocycles. The van der Waals surface area contributed by atoms with Gasteiger partial charge < -0.3 is 0 Å². The molecule has 0 amide bonds. The Hall–Kier alpha value is -2.07. The fraction of sp³-hybridized carbons (Fsp3) is 0.133. The number of rotatable bonds is 1. The molecule has 0 fully saturated rings. The summed E-state index contributed by atoms with van der Waals surface area (Å²) in [7, 11) is 0. The van der Waals surface area contributed by atoms with Crippen LogP contribution >= 0.6 is 0 Å². The first-order valence-corrected chi connectivity index (χ1v) is 5.40. The standard InChI is InChI=1S/C15H13N/c1-2-13-6-8-14(9-7-13)10-11-15-5-3-4-12-16-15/h3-9,12H,2H2,1H3. The van der Waals surface area contributed by atoms with Gasteiger partial charge in [-0.25, -0.2) is 4.98 Å². The first-order valence-electron chi connectivity index (χ1n) is 5.40. The molecule has 0 N–H and O–H groups in total. The molecule has 78 valence electrons. The maximum Gasteiger partial charge on any atom is 0.113 e. The van der Waals surface area contributed by atoms with Crippen LogP contribution in [-0.2, 0) is 6.42 Å². The van der Waals surface area contributed by atoms with E-state index in [0.29, 0.717) is 0 Å². The molecule has 16 heavy (non-hydrogen) atoms. The summed E-state index contributed by atoms with van der Waals surface area (Å²) in [6, 6.07) is 14.1. The Morgan fingerprint density at radius 2 is 1.81 bits per heavy atom. The first kappa shape index (κ1) is 10.4. The molecule has 0 unspecified atom stereocenters. The summed E-state index contributed by atoms with van der Waals surface area (Å²) < 4.78 is 0. The van der Waals surface area contributed by atoms with E-state index in [1.54, 1.807) is 6.20 Å². The Kier molecular flexibility index (Phi) is 3.35. The zero-order valence-corrected chi connectivity index (χ0v) is 9.27. The summed E-state index contributed by atoms with van der Waals surface area (Å²) in [5, 5.41) is 0. The summed E-state index contributed by atoms with van der Waals surface area (Å²) in [4.78, 5) is 4.15. The highest BCUT2D eigenvalue weighted by Crippen LogP contribution is 2.03. The fourth-order valence-electron chi connectivity index (χ4n) is 1.40. The smallest absolute Gasteiger partial charge is 0.113 e. The lowest BCUT2D eigenvalue weighted by molar-refractivity contribution is 1.14. The highest BCUT2D eigenvalue weighted by atomic mass is 14.6. The Labute approximate surface area is 96.2 Å². The normalized spacial score (nSPS) is 9.31. The van der Waals surface area contributed by atoms with Crippen molar-refractivity contribution in [3.63, 3.8) is 0 Å². The molecule has 2 aromatic rings. The number of pyridine rings is 1. The highest BCUT2D eigenvalue weighted by molar-refractivity contribution is 5.40. The van der Waals surface area contributed by atoms with Crippen LogP contribution in [0, 0.1) is 11.8 Å². The van der Waals surface area contributed by atoms with E-state index in [4.69, 9.17) is 0 Å². The van der Waals surface area contributed by atoms with Crippen molar-refractivity contribution in [3.8, 4) is 11.8 Å². The molecule has 1 nitrogen and oxygen atoms in total. The van der Waals surface area contributed by atoms with Crippen LogP contribution in [0.25, 0.3) is 0 Å². The molecule has 1 heterocycles. The van der Waals surface area contributed by atoms with Gasteiger partial charge in [-0.2, -0.15) is 0 Å². The third-order valence-electron chi connectivity index (χ3n) is 2.36. The van der Waals surface area contributed by atoms with Crippen LogP contribution in [0.15, 0.2) is 48.7 Å². The molecule has 0 aliphatic carbocycles. The minimum atomic E-state index is 0.807. The Balaban J connectivity index is 2.18. The lowest BCUT2D eigenvalue weighted by Gasteiger charge is -1.94. The molecule has 1 heteroatoms. The third kappa shape index (κ3) is 2.71. The van der Waals surface area contributed by atoms with E-state index in [2.05, 4.69) is 48.0 Å². The van der Waals surface area contributed by atoms with Gasteiger partial charge in [0.2, 0.25) is 0 Å². The Morgan fingerprint density at radius 1 is 1.00 bits per heavy atom. The van der Waals surface area contributed by atoms with Crippen molar-refractivity contribution in [2.45, 2.75) is 13.3 Å².